The van der Waals surface area contributed by atoms with Crippen LogP contribution in [-0.2, 0) is 10.0 Å². The average Bonchev–Trinajstić information content (AvgIpc) is 2.38. The first-order chi connectivity index (χ1) is 8.91. The molecule has 1 aromatic rings. The third-order valence-electron chi connectivity index (χ3n) is 2.65. The van der Waals surface area contributed by atoms with Gasteiger partial charge in [0.2, 0.25) is 10.0 Å². The summed E-state index contributed by atoms with van der Waals surface area (Å²) in [6, 6.07) is 5.36. The van der Waals surface area contributed by atoms with Crippen LogP contribution in [0.4, 0.5) is 5.69 Å². The Morgan fingerprint density at radius 1 is 1.37 bits per heavy atom. The van der Waals surface area contributed by atoms with Gasteiger partial charge < -0.3 is 5.32 Å². The summed E-state index contributed by atoms with van der Waals surface area (Å²) in [5.74, 6) is 0. The first-order valence-electron chi connectivity index (χ1n) is 5.75. The Balaban J connectivity index is 3.03. The second-order valence-electron chi connectivity index (χ2n) is 4.01. The zero-order valence-corrected chi connectivity index (χ0v) is 11.7. The molecular weight excluding hydrogens is 270 g/mol. The quantitative estimate of drug-likeness (QED) is 0.455. The van der Waals surface area contributed by atoms with Gasteiger partial charge in [-0.2, -0.15) is 0 Å². The van der Waals surface area contributed by atoms with Crippen LogP contribution in [0.1, 0.15) is 6.42 Å². The van der Waals surface area contributed by atoms with Crippen LogP contribution in [0.25, 0.3) is 0 Å². The molecule has 0 heterocycles. The van der Waals surface area contributed by atoms with Gasteiger partial charge in [0.15, 0.2) is 4.90 Å². The zero-order valence-electron chi connectivity index (χ0n) is 10.9. The van der Waals surface area contributed by atoms with Gasteiger partial charge in [-0.3, -0.25) is 10.1 Å². The molecule has 0 amide bonds. The summed E-state index contributed by atoms with van der Waals surface area (Å²) in [5.41, 5.74) is -0.400. The summed E-state index contributed by atoms with van der Waals surface area (Å²) in [4.78, 5) is 9.91. The van der Waals surface area contributed by atoms with E-state index in [0.717, 1.165) is 4.31 Å². The molecule has 1 rings (SSSR count). The van der Waals surface area contributed by atoms with E-state index < -0.39 is 20.6 Å². The summed E-state index contributed by atoms with van der Waals surface area (Å²) in [7, 11) is -0.639. The molecule has 0 saturated heterocycles. The lowest BCUT2D eigenvalue weighted by Gasteiger charge is -2.16. The highest BCUT2D eigenvalue weighted by Gasteiger charge is 2.28. The van der Waals surface area contributed by atoms with Crippen LogP contribution < -0.4 is 5.32 Å². The Morgan fingerprint density at radius 3 is 2.58 bits per heavy atom. The van der Waals surface area contributed by atoms with E-state index in [1.807, 2.05) is 0 Å². The van der Waals surface area contributed by atoms with Gasteiger partial charge in [-0.05, 0) is 26.1 Å². The molecule has 106 valence electrons. The summed E-state index contributed by atoms with van der Waals surface area (Å²) < 4.78 is 25.6. The van der Waals surface area contributed by atoms with Crippen LogP contribution in [-0.4, -0.2) is 44.8 Å². The van der Waals surface area contributed by atoms with E-state index in [9.17, 15) is 18.5 Å². The van der Waals surface area contributed by atoms with Gasteiger partial charge in [-0.25, -0.2) is 12.7 Å². The maximum Gasteiger partial charge on any atom is 0.289 e. The van der Waals surface area contributed by atoms with Crippen molar-refractivity contribution in [3.63, 3.8) is 0 Å². The lowest BCUT2D eigenvalue weighted by atomic mass is 10.3. The highest BCUT2D eigenvalue weighted by atomic mass is 32.2. The topological polar surface area (TPSA) is 92.6 Å². The van der Waals surface area contributed by atoms with Crippen molar-refractivity contribution in [2.24, 2.45) is 0 Å². The fourth-order valence-corrected chi connectivity index (χ4v) is 2.96. The van der Waals surface area contributed by atoms with Crippen molar-refractivity contribution >= 4 is 15.7 Å². The average molecular weight is 287 g/mol. The lowest BCUT2D eigenvalue weighted by Crippen LogP contribution is -2.30. The Bertz CT molecular complexity index is 545. The van der Waals surface area contributed by atoms with Gasteiger partial charge in [0.25, 0.3) is 5.69 Å². The minimum absolute atomic E-state index is 0.271. The molecule has 19 heavy (non-hydrogen) atoms. The van der Waals surface area contributed by atoms with Crippen LogP contribution in [0.2, 0.25) is 0 Å². The standard InChI is InChI=1S/C11H17N3O4S/c1-12-8-5-9-13(2)19(17,18)11-7-4-3-6-10(11)14(15)16/h3-4,6-7,12H,5,8-9H2,1-2H3. The highest BCUT2D eigenvalue weighted by molar-refractivity contribution is 7.89. The predicted molar refractivity (Wildman–Crippen MR) is 71.5 cm³/mol. The molecule has 0 aromatic heterocycles. The number of hydrogen-bond acceptors (Lipinski definition) is 5. The van der Waals surface area contributed by atoms with Gasteiger partial charge in [0.1, 0.15) is 0 Å². The van der Waals surface area contributed by atoms with Crippen LogP contribution in [0, 0.1) is 10.1 Å². The number of nitrogens with one attached hydrogen (secondary N) is 1. The van der Waals surface area contributed by atoms with Crippen molar-refractivity contribution in [1.82, 2.24) is 9.62 Å². The van der Waals surface area contributed by atoms with E-state index in [1.54, 1.807) is 7.05 Å². The fraction of sp³-hybridized carbons (Fsp3) is 0.455. The van der Waals surface area contributed by atoms with Crippen molar-refractivity contribution in [3.05, 3.63) is 34.4 Å². The van der Waals surface area contributed by atoms with E-state index in [-0.39, 0.29) is 4.90 Å². The molecule has 0 aliphatic carbocycles. The van der Waals surface area contributed by atoms with E-state index in [4.69, 9.17) is 0 Å². The molecule has 0 spiro atoms. The number of rotatable bonds is 7. The van der Waals surface area contributed by atoms with Crippen LogP contribution in [0.5, 0.6) is 0 Å². The number of para-hydroxylation sites is 1. The molecule has 7 nitrogen and oxygen atoms in total. The number of hydrogen-bond donors (Lipinski definition) is 1. The predicted octanol–water partition coefficient (Wildman–Crippen LogP) is 0.825. The Morgan fingerprint density at radius 2 is 2.00 bits per heavy atom. The molecule has 0 bridgehead atoms. The second-order valence-corrected chi connectivity index (χ2v) is 6.02. The minimum atomic E-state index is -3.83. The molecule has 0 aliphatic rings. The molecule has 8 heteroatoms. The molecule has 0 radical (unpaired) electrons. The SMILES string of the molecule is CNCCCN(C)S(=O)(=O)c1ccccc1[N+](=O)[O-]. The summed E-state index contributed by atoms with van der Waals surface area (Å²) >= 11 is 0. The Kier molecular flexibility index (Phi) is 5.40. The number of benzene rings is 1. The Labute approximate surface area is 112 Å². The fourth-order valence-electron chi connectivity index (χ4n) is 1.59. The maximum absolute atomic E-state index is 12.3. The smallest absolute Gasteiger partial charge is 0.289 e. The molecule has 0 atom stereocenters. The van der Waals surface area contributed by atoms with Crippen LogP contribution >= 0.6 is 0 Å². The van der Waals surface area contributed by atoms with E-state index in [1.165, 1.54) is 31.3 Å². The maximum atomic E-state index is 12.3. The van der Waals surface area contributed by atoms with Crippen molar-refractivity contribution in [2.75, 3.05) is 27.2 Å². The van der Waals surface area contributed by atoms with Crippen molar-refractivity contribution < 1.29 is 13.3 Å². The second kappa shape index (κ2) is 6.60. The molecule has 0 fully saturated rings. The largest absolute Gasteiger partial charge is 0.320 e. The molecule has 1 N–H and O–H groups in total. The van der Waals surface area contributed by atoms with Gasteiger partial charge in [-0.1, -0.05) is 12.1 Å². The number of sulfonamides is 1. The van der Waals surface area contributed by atoms with Gasteiger partial charge >= 0.3 is 0 Å². The summed E-state index contributed by atoms with van der Waals surface area (Å²) in [6.45, 7) is 0.978. The monoisotopic (exact) mass is 287 g/mol. The first-order valence-corrected chi connectivity index (χ1v) is 7.19. The third kappa shape index (κ3) is 3.72. The number of nitro groups is 1. The van der Waals surface area contributed by atoms with Crippen LogP contribution in [0.15, 0.2) is 29.2 Å². The third-order valence-corrected chi connectivity index (χ3v) is 4.55. The number of nitro benzene ring substituents is 1. The van der Waals surface area contributed by atoms with Crippen LogP contribution in [0.3, 0.4) is 0 Å². The molecule has 0 saturated carbocycles. The van der Waals surface area contributed by atoms with E-state index in [2.05, 4.69) is 5.32 Å². The summed E-state index contributed by atoms with van der Waals surface area (Å²) in [6.07, 6.45) is 0.632. The molecular formula is C11H17N3O4S. The highest BCUT2D eigenvalue weighted by Crippen LogP contribution is 2.25. The Hall–Kier alpha value is -1.51. The van der Waals surface area contributed by atoms with Gasteiger partial charge in [0.05, 0.1) is 4.92 Å². The van der Waals surface area contributed by atoms with Gasteiger partial charge in [0, 0.05) is 19.7 Å². The van der Waals surface area contributed by atoms with Crippen molar-refractivity contribution in [3.8, 4) is 0 Å². The first kappa shape index (κ1) is 15.5. The molecule has 1 aromatic carbocycles. The molecule has 0 unspecified atom stereocenters. The van der Waals surface area contributed by atoms with E-state index >= 15 is 0 Å². The number of nitrogens with zero attached hydrogens (tertiary/aromatic N) is 2. The van der Waals surface area contributed by atoms with Crippen molar-refractivity contribution in [1.29, 1.82) is 0 Å². The van der Waals surface area contributed by atoms with Crippen molar-refractivity contribution in [2.45, 2.75) is 11.3 Å². The normalized spacial score (nSPS) is 11.7. The summed E-state index contributed by atoms with van der Waals surface area (Å²) in [5, 5.41) is 13.8. The zero-order chi connectivity index (χ0) is 14.5. The van der Waals surface area contributed by atoms with E-state index in [0.29, 0.717) is 19.5 Å². The minimum Gasteiger partial charge on any atom is -0.320 e. The lowest BCUT2D eigenvalue weighted by molar-refractivity contribution is -0.387. The van der Waals surface area contributed by atoms with Gasteiger partial charge in [-0.15, -0.1) is 0 Å². The molecule has 0 aliphatic heterocycles.